The van der Waals surface area contributed by atoms with E-state index in [-0.39, 0.29) is 0 Å². The van der Waals surface area contributed by atoms with Crippen LogP contribution in [0.2, 0.25) is 10.0 Å². The van der Waals surface area contributed by atoms with Gasteiger partial charge < -0.3 is 9.77 Å². The summed E-state index contributed by atoms with van der Waals surface area (Å²) in [4.78, 5) is 12.4. The summed E-state index contributed by atoms with van der Waals surface area (Å²) in [6.45, 7) is 3.08. The molecule has 0 spiro atoms. The van der Waals surface area contributed by atoms with Gasteiger partial charge in [-0.2, -0.15) is 0 Å². The van der Waals surface area contributed by atoms with E-state index in [9.17, 15) is 0 Å². The molecule has 1 N–H and O–H groups in total. The van der Waals surface area contributed by atoms with E-state index in [1.165, 1.54) is 0 Å². The zero-order valence-electron chi connectivity index (χ0n) is 12.0. The number of hydrogen-bond acceptors (Lipinski definition) is 3. The lowest BCUT2D eigenvalue weighted by Crippen LogP contribution is -2.08. The van der Waals surface area contributed by atoms with Gasteiger partial charge in [-0.1, -0.05) is 42.6 Å². The van der Waals surface area contributed by atoms with Crippen molar-refractivity contribution < 1.29 is 10.3 Å². The fourth-order valence-corrected chi connectivity index (χ4v) is 2.74. The molecule has 2 aromatic rings. The number of halogens is 2. The van der Waals surface area contributed by atoms with Crippen LogP contribution in [0.4, 0.5) is 0 Å². The average Bonchev–Trinajstić information content (AvgIpc) is 2.90. The summed E-state index contributed by atoms with van der Waals surface area (Å²) in [5, 5.41) is 15.1. The van der Waals surface area contributed by atoms with Gasteiger partial charge in [-0.25, -0.2) is 4.98 Å². The number of hydrogen-bond donors (Lipinski definition) is 1. The average molecular weight is 346 g/mol. The van der Waals surface area contributed by atoms with E-state index in [1.54, 1.807) is 6.20 Å². The van der Waals surface area contributed by atoms with E-state index in [4.69, 9.17) is 38.5 Å². The zero-order chi connectivity index (χ0) is 16.5. The topological polar surface area (TPSA) is 81.2 Å². The van der Waals surface area contributed by atoms with Gasteiger partial charge in [0.1, 0.15) is 0 Å². The predicted octanol–water partition coefficient (Wildman–Crippen LogP) is 4.43. The Hall–Kier alpha value is -1.79. The first-order valence-electron chi connectivity index (χ1n) is 6.68. The highest BCUT2D eigenvalue weighted by Crippen LogP contribution is 2.31. The summed E-state index contributed by atoms with van der Waals surface area (Å²) in [6.07, 6.45) is 7.84. The molecule has 0 aliphatic carbocycles. The molecule has 0 aliphatic rings. The summed E-state index contributed by atoms with van der Waals surface area (Å²) < 4.78 is 2.09. The van der Waals surface area contributed by atoms with Gasteiger partial charge in [0.15, 0.2) is 0 Å². The second kappa shape index (κ2) is 9.27. The minimum Gasteiger partial charge on any atom is -0.337 e. The van der Waals surface area contributed by atoms with Gasteiger partial charge >= 0.3 is 0 Å². The van der Waals surface area contributed by atoms with E-state index in [0.29, 0.717) is 10.9 Å². The molecule has 120 valence electrons. The van der Waals surface area contributed by atoms with Crippen molar-refractivity contribution in [2.24, 2.45) is 0 Å². The number of rotatable bonds is 5. The molecule has 6 nitrogen and oxygen atoms in total. The maximum atomic E-state index is 8.36. The Morgan fingerprint density at radius 2 is 2.14 bits per heavy atom. The van der Waals surface area contributed by atoms with Crippen LogP contribution in [0, 0.1) is 10.1 Å². The highest BCUT2D eigenvalue weighted by Gasteiger charge is 2.14. The van der Waals surface area contributed by atoms with E-state index in [0.717, 1.165) is 30.0 Å². The van der Waals surface area contributed by atoms with Crippen LogP contribution in [0.15, 0.2) is 36.9 Å². The fraction of sp³-hybridized carbons (Fsp3) is 0.357. The molecule has 22 heavy (non-hydrogen) atoms. The third kappa shape index (κ3) is 6.32. The van der Waals surface area contributed by atoms with Crippen LogP contribution in [-0.2, 0) is 6.54 Å². The second-order valence-corrected chi connectivity index (χ2v) is 5.49. The van der Waals surface area contributed by atoms with E-state index in [1.807, 2.05) is 30.7 Å². The molecule has 2 rings (SSSR count). The molecule has 1 heterocycles. The van der Waals surface area contributed by atoms with Crippen molar-refractivity contribution in [3.63, 3.8) is 0 Å². The summed E-state index contributed by atoms with van der Waals surface area (Å²) in [7, 11) is 0. The van der Waals surface area contributed by atoms with Crippen molar-refractivity contribution in [1.29, 1.82) is 0 Å². The third-order valence-corrected chi connectivity index (χ3v) is 3.59. The molecule has 8 heteroatoms. The van der Waals surface area contributed by atoms with Crippen LogP contribution in [0.3, 0.4) is 0 Å². The van der Waals surface area contributed by atoms with Gasteiger partial charge in [-0.15, -0.1) is 10.1 Å². The van der Waals surface area contributed by atoms with E-state index >= 15 is 0 Å². The fourth-order valence-electron chi connectivity index (χ4n) is 2.18. The van der Waals surface area contributed by atoms with Crippen molar-refractivity contribution in [3.8, 4) is 0 Å². The molecule has 0 saturated carbocycles. The summed E-state index contributed by atoms with van der Waals surface area (Å²) >= 11 is 12.2. The van der Waals surface area contributed by atoms with Gasteiger partial charge in [0.05, 0.1) is 6.33 Å². The van der Waals surface area contributed by atoms with Crippen molar-refractivity contribution in [3.05, 3.63) is 62.6 Å². The minimum absolute atomic E-state index is 0.397. The molecule has 1 atom stereocenters. The molecular formula is C14H17Cl2N3O3. The smallest absolute Gasteiger partial charge is 0.291 e. The van der Waals surface area contributed by atoms with Gasteiger partial charge in [0.25, 0.3) is 5.09 Å². The minimum atomic E-state index is -1.50. The standard InChI is InChI=1S/C14H16Cl2N2.HNO3/c1-2-3-11(9-18-7-6-17-10-18)13-5-4-12(15)8-14(13)16;2-1(3)4/h4-8,10-11H,2-3,9H2,1H3;(H,2,3,4). The molecule has 1 aromatic carbocycles. The zero-order valence-corrected chi connectivity index (χ0v) is 13.5. The van der Waals surface area contributed by atoms with Crippen LogP contribution in [0.5, 0.6) is 0 Å². The van der Waals surface area contributed by atoms with Crippen LogP contribution in [0.25, 0.3) is 0 Å². The molecule has 0 fully saturated rings. The Morgan fingerprint density at radius 3 is 2.64 bits per heavy atom. The second-order valence-electron chi connectivity index (χ2n) is 4.65. The first-order valence-corrected chi connectivity index (χ1v) is 7.43. The largest absolute Gasteiger partial charge is 0.337 e. The number of aromatic nitrogens is 2. The molecular weight excluding hydrogens is 329 g/mol. The normalized spacial score (nSPS) is 11.4. The summed E-state index contributed by atoms with van der Waals surface area (Å²) in [5.41, 5.74) is 1.16. The maximum absolute atomic E-state index is 8.36. The Labute approximate surface area is 138 Å². The molecule has 0 bridgehead atoms. The Kier molecular flexibility index (Phi) is 7.70. The first-order chi connectivity index (χ1) is 10.4. The van der Waals surface area contributed by atoms with Gasteiger partial charge in [0, 0.05) is 34.9 Å². The van der Waals surface area contributed by atoms with Gasteiger partial charge in [0.2, 0.25) is 0 Å². The Balaban J connectivity index is 0.000000541. The lowest BCUT2D eigenvalue weighted by molar-refractivity contribution is -0.742. The monoisotopic (exact) mass is 345 g/mol. The van der Waals surface area contributed by atoms with Crippen LogP contribution in [-0.4, -0.2) is 19.8 Å². The number of nitrogens with zero attached hydrogens (tertiary/aromatic N) is 3. The van der Waals surface area contributed by atoms with Crippen molar-refractivity contribution in [2.45, 2.75) is 32.2 Å². The molecule has 0 saturated heterocycles. The number of benzene rings is 1. The predicted molar refractivity (Wildman–Crippen MR) is 85.1 cm³/mol. The van der Waals surface area contributed by atoms with Crippen molar-refractivity contribution >= 4 is 23.2 Å². The van der Waals surface area contributed by atoms with E-state index < -0.39 is 5.09 Å². The third-order valence-electron chi connectivity index (χ3n) is 3.03. The molecule has 0 radical (unpaired) electrons. The lowest BCUT2D eigenvalue weighted by Gasteiger charge is -2.18. The van der Waals surface area contributed by atoms with Crippen LogP contribution < -0.4 is 0 Å². The molecule has 1 aromatic heterocycles. The number of imidazole rings is 1. The Morgan fingerprint density at radius 1 is 1.45 bits per heavy atom. The molecule has 1 unspecified atom stereocenters. The SMILES string of the molecule is CCCC(Cn1ccnc1)c1ccc(Cl)cc1Cl.O=[N+]([O-])O. The Bertz CT molecular complexity index is 587. The van der Waals surface area contributed by atoms with E-state index in [2.05, 4.69) is 16.5 Å². The van der Waals surface area contributed by atoms with Crippen LogP contribution >= 0.6 is 23.2 Å². The maximum Gasteiger partial charge on any atom is 0.291 e. The quantitative estimate of drug-likeness (QED) is 0.642. The summed E-state index contributed by atoms with van der Waals surface area (Å²) in [6, 6.07) is 5.75. The highest BCUT2D eigenvalue weighted by molar-refractivity contribution is 6.35. The van der Waals surface area contributed by atoms with Crippen LogP contribution in [0.1, 0.15) is 31.2 Å². The molecule has 0 aliphatic heterocycles. The molecule has 0 amide bonds. The van der Waals surface area contributed by atoms with Gasteiger partial charge in [-0.05, 0) is 24.1 Å². The van der Waals surface area contributed by atoms with Crippen molar-refractivity contribution in [2.75, 3.05) is 0 Å². The van der Waals surface area contributed by atoms with Crippen molar-refractivity contribution in [1.82, 2.24) is 9.55 Å². The first kappa shape index (κ1) is 18.3. The lowest BCUT2D eigenvalue weighted by atomic mass is 9.94. The highest BCUT2D eigenvalue weighted by atomic mass is 35.5. The van der Waals surface area contributed by atoms with Gasteiger partial charge in [-0.3, -0.25) is 0 Å². The summed E-state index contributed by atoms with van der Waals surface area (Å²) in [5.74, 6) is 0.397.